The van der Waals surface area contributed by atoms with Gasteiger partial charge in [0.15, 0.2) is 0 Å². The van der Waals surface area contributed by atoms with Gasteiger partial charge in [-0.2, -0.15) is 0 Å². The first-order valence-electron chi connectivity index (χ1n) is 7.69. The Labute approximate surface area is 136 Å². The van der Waals surface area contributed by atoms with E-state index in [4.69, 9.17) is 0 Å². The summed E-state index contributed by atoms with van der Waals surface area (Å²) in [6, 6.07) is 13.1. The van der Waals surface area contributed by atoms with Gasteiger partial charge in [0, 0.05) is 31.1 Å². The molecule has 2 aromatic rings. The highest BCUT2D eigenvalue weighted by Crippen LogP contribution is 2.27. The third-order valence-corrected chi connectivity index (χ3v) is 3.85. The quantitative estimate of drug-likeness (QED) is 0.448. The van der Waals surface area contributed by atoms with Crippen molar-refractivity contribution >= 4 is 23.3 Å². The molecule has 2 rings (SSSR count). The largest absolute Gasteiger partial charge is 0.372 e. The maximum Gasteiger partial charge on any atom is 0.274 e. The second kappa shape index (κ2) is 7.54. The minimum atomic E-state index is -0.382. The lowest BCUT2D eigenvalue weighted by Gasteiger charge is -2.20. The lowest BCUT2D eigenvalue weighted by atomic mass is 10.1. The second-order valence-electron chi connectivity index (χ2n) is 5.20. The molecule has 5 nitrogen and oxygen atoms in total. The smallest absolute Gasteiger partial charge is 0.274 e. The normalized spacial score (nSPS) is 10.9. The highest BCUT2D eigenvalue weighted by Gasteiger charge is 2.12. The SMILES string of the molecule is CCN(CC)c1ccc(C=Nc2cccc([N+](=O)[O-])c2C)cc1. The maximum absolute atomic E-state index is 11.0. The number of benzene rings is 2. The van der Waals surface area contributed by atoms with Crippen LogP contribution in [0.25, 0.3) is 0 Å². The van der Waals surface area contributed by atoms with E-state index in [1.807, 2.05) is 12.1 Å². The molecule has 0 bridgehead atoms. The number of aliphatic imine (C=N–C) groups is 1. The zero-order chi connectivity index (χ0) is 16.8. The number of rotatable bonds is 6. The van der Waals surface area contributed by atoms with Crippen molar-refractivity contribution in [2.75, 3.05) is 18.0 Å². The molecule has 120 valence electrons. The molecule has 23 heavy (non-hydrogen) atoms. The summed E-state index contributed by atoms with van der Waals surface area (Å²) in [5, 5.41) is 11.0. The van der Waals surface area contributed by atoms with E-state index in [9.17, 15) is 10.1 Å². The van der Waals surface area contributed by atoms with Gasteiger partial charge in [-0.25, -0.2) is 0 Å². The van der Waals surface area contributed by atoms with Crippen molar-refractivity contribution in [3.05, 3.63) is 63.7 Å². The molecule has 0 amide bonds. The molecule has 0 spiro atoms. The lowest BCUT2D eigenvalue weighted by Crippen LogP contribution is -2.21. The van der Waals surface area contributed by atoms with Crippen LogP contribution in [0.3, 0.4) is 0 Å². The Kier molecular flexibility index (Phi) is 5.46. The summed E-state index contributed by atoms with van der Waals surface area (Å²) in [7, 11) is 0. The van der Waals surface area contributed by atoms with Gasteiger partial charge in [0.05, 0.1) is 16.2 Å². The number of hydrogen-bond donors (Lipinski definition) is 0. The predicted octanol–water partition coefficient (Wildman–Crippen LogP) is 4.50. The van der Waals surface area contributed by atoms with Crippen LogP contribution in [0.15, 0.2) is 47.5 Å². The van der Waals surface area contributed by atoms with Crippen molar-refractivity contribution in [3.63, 3.8) is 0 Å². The molecule has 0 fully saturated rings. The van der Waals surface area contributed by atoms with Crippen molar-refractivity contribution in [1.82, 2.24) is 0 Å². The summed E-state index contributed by atoms with van der Waals surface area (Å²) in [5.41, 5.74) is 3.43. The number of nitrogens with zero attached hydrogens (tertiary/aromatic N) is 3. The van der Waals surface area contributed by atoms with Gasteiger partial charge in [-0.1, -0.05) is 18.2 Å². The summed E-state index contributed by atoms with van der Waals surface area (Å²) >= 11 is 0. The van der Waals surface area contributed by atoms with Crippen molar-refractivity contribution in [2.24, 2.45) is 4.99 Å². The molecular formula is C18H21N3O2. The number of nitro benzene ring substituents is 1. The molecule has 0 N–H and O–H groups in total. The summed E-state index contributed by atoms with van der Waals surface area (Å²) in [5.74, 6) is 0. The third-order valence-electron chi connectivity index (χ3n) is 3.85. The molecule has 0 unspecified atom stereocenters. The van der Waals surface area contributed by atoms with Gasteiger partial charge in [0.25, 0.3) is 5.69 Å². The van der Waals surface area contributed by atoms with Gasteiger partial charge in [-0.3, -0.25) is 15.1 Å². The molecule has 0 saturated carbocycles. The Hall–Kier alpha value is -2.69. The van der Waals surface area contributed by atoms with Crippen LogP contribution >= 0.6 is 0 Å². The Morgan fingerprint density at radius 1 is 1.13 bits per heavy atom. The maximum atomic E-state index is 11.0. The van der Waals surface area contributed by atoms with Gasteiger partial charge in [-0.15, -0.1) is 0 Å². The minimum absolute atomic E-state index is 0.0940. The van der Waals surface area contributed by atoms with E-state index in [0.717, 1.165) is 18.7 Å². The van der Waals surface area contributed by atoms with E-state index in [2.05, 4.69) is 35.9 Å². The first kappa shape index (κ1) is 16.7. The van der Waals surface area contributed by atoms with Gasteiger partial charge in [-0.05, 0) is 44.5 Å². The van der Waals surface area contributed by atoms with Crippen LogP contribution in [0.5, 0.6) is 0 Å². The van der Waals surface area contributed by atoms with Gasteiger partial charge < -0.3 is 4.90 Å². The third kappa shape index (κ3) is 3.94. The standard InChI is InChI=1S/C18H21N3O2/c1-4-20(5-2)16-11-9-15(10-12-16)13-19-17-7-6-8-18(14(17)3)21(22)23/h6-13H,4-5H2,1-3H3. The zero-order valence-corrected chi connectivity index (χ0v) is 13.7. The molecule has 0 aliphatic carbocycles. The van der Waals surface area contributed by atoms with Gasteiger partial charge >= 0.3 is 0 Å². The molecule has 0 heterocycles. The summed E-state index contributed by atoms with van der Waals surface area (Å²) in [6.45, 7) is 7.91. The van der Waals surface area contributed by atoms with Crippen LogP contribution in [0.4, 0.5) is 17.1 Å². The summed E-state index contributed by atoms with van der Waals surface area (Å²) in [4.78, 5) is 17.2. The first-order valence-corrected chi connectivity index (χ1v) is 7.69. The number of anilines is 1. The van der Waals surface area contributed by atoms with Crippen LogP contribution in [-0.2, 0) is 0 Å². The fraction of sp³-hybridized carbons (Fsp3) is 0.278. The monoisotopic (exact) mass is 311 g/mol. The Balaban J connectivity index is 2.21. The van der Waals surface area contributed by atoms with E-state index in [1.165, 1.54) is 11.8 Å². The molecule has 0 radical (unpaired) electrons. The highest BCUT2D eigenvalue weighted by atomic mass is 16.6. The van der Waals surface area contributed by atoms with Crippen molar-refractivity contribution < 1.29 is 4.92 Å². The Morgan fingerprint density at radius 3 is 2.35 bits per heavy atom. The molecule has 0 saturated heterocycles. The second-order valence-corrected chi connectivity index (χ2v) is 5.20. The van der Waals surface area contributed by atoms with Crippen LogP contribution in [-0.4, -0.2) is 24.2 Å². The van der Waals surface area contributed by atoms with E-state index in [1.54, 1.807) is 25.3 Å². The van der Waals surface area contributed by atoms with Gasteiger partial charge in [0.2, 0.25) is 0 Å². The first-order chi connectivity index (χ1) is 11.1. The van der Waals surface area contributed by atoms with Crippen molar-refractivity contribution in [1.29, 1.82) is 0 Å². The van der Waals surface area contributed by atoms with Gasteiger partial charge in [0.1, 0.15) is 0 Å². The fourth-order valence-electron chi connectivity index (χ4n) is 2.45. The predicted molar refractivity (Wildman–Crippen MR) is 95.1 cm³/mol. The molecule has 2 aromatic carbocycles. The molecule has 5 heteroatoms. The average Bonchev–Trinajstić information content (AvgIpc) is 2.56. The average molecular weight is 311 g/mol. The van der Waals surface area contributed by atoms with Crippen LogP contribution in [0, 0.1) is 17.0 Å². The molecule has 0 aliphatic heterocycles. The van der Waals surface area contributed by atoms with E-state index in [-0.39, 0.29) is 10.6 Å². The van der Waals surface area contributed by atoms with Crippen LogP contribution in [0.1, 0.15) is 25.0 Å². The fourth-order valence-corrected chi connectivity index (χ4v) is 2.45. The molecular weight excluding hydrogens is 290 g/mol. The Bertz CT molecular complexity index is 705. The zero-order valence-electron chi connectivity index (χ0n) is 13.7. The van der Waals surface area contributed by atoms with Crippen molar-refractivity contribution in [3.8, 4) is 0 Å². The minimum Gasteiger partial charge on any atom is -0.372 e. The lowest BCUT2D eigenvalue weighted by molar-refractivity contribution is -0.385. The Morgan fingerprint density at radius 2 is 1.78 bits per heavy atom. The van der Waals surface area contributed by atoms with E-state index in [0.29, 0.717) is 11.3 Å². The summed E-state index contributed by atoms with van der Waals surface area (Å²) in [6.07, 6.45) is 1.73. The van der Waals surface area contributed by atoms with Crippen LogP contribution in [0.2, 0.25) is 0 Å². The molecule has 0 aliphatic rings. The van der Waals surface area contributed by atoms with E-state index >= 15 is 0 Å². The number of nitro groups is 1. The topological polar surface area (TPSA) is 58.7 Å². The van der Waals surface area contributed by atoms with Crippen LogP contribution < -0.4 is 4.90 Å². The number of hydrogen-bond acceptors (Lipinski definition) is 4. The molecule has 0 aromatic heterocycles. The van der Waals surface area contributed by atoms with Crippen molar-refractivity contribution in [2.45, 2.75) is 20.8 Å². The highest BCUT2D eigenvalue weighted by molar-refractivity contribution is 5.83. The summed E-state index contributed by atoms with van der Waals surface area (Å²) < 4.78 is 0. The molecule has 0 atom stereocenters. The van der Waals surface area contributed by atoms with E-state index < -0.39 is 0 Å².